The molecule has 0 aliphatic heterocycles. The van der Waals surface area contributed by atoms with Gasteiger partial charge in [0.2, 0.25) is 11.8 Å². The predicted molar refractivity (Wildman–Crippen MR) is 178 cm³/mol. The van der Waals surface area contributed by atoms with Crippen molar-refractivity contribution in [2.75, 3.05) is 0 Å². The standard InChI is InChI=1S/C37H47N3O6/c1-26(2)23-31(38-33(41)30(40-36(44)46-37(3,4)5)22-21-27-15-9-6-10-16-27)34(42)39-32(24-28-17-11-7-12-18-28)35(43)45-25-29-19-13-8-14-20-29/h6-20,26,30-32H,21-25H2,1-5H3,(H,38,41)(H,39,42)(H,40,44)/t30-,31+,32+/m1/s1. The second-order valence-electron chi connectivity index (χ2n) is 12.8. The maximum Gasteiger partial charge on any atom is 0.408 e. The van der Waals surface area contributed by atoms with E-state index in [0.717, 1.165) is 16.7 Å². The van der Waals surface area contributed by atoms with E-state index in [1.807, 2.05) is 105 Å². The number of rotatable bonds is 15. The van der Waals surface area contributed by atoms with Crippen molar-refractivity contribution < 1.29 is 28.7 Å². The van der Waals surface area contributed by atoms with E-state index in [1.165, 1.54) is 0 Å². The summed E-state index contributed by atoms with van der Waals surface area (Å²) in [6.45, 7) is 9.16. The van der Waals surface area contributed by atoms with E-state index >= 15 is 0 Å². The molecule has 0 bridgehead atoms. The van der Waals surface area contributed by atoms with E-state index < -0.39 is 47.6 Å². The summed E-state index contributed by atoms with van der Waals surface area (Å²) in [4.78, 5) is 53.4. The smallest absolute Gasteiger partial charge is 0.408 e. The first-order valence-corrected chi connectivity index (χ1v) is 15.8. The fraction of sp³-hybridized carbons (Fsp3) is 0.405. The van der Waals surface area contributed by atoms with Crippen LogP contribution in [0.2, 0.25) is 0 Å². The van der Waals surface area contributed by atoms with Crippen molar-refractivity contribution in [2.24, 2.45) is 5.92 Å². The summed E-state index contributed by atoms with van der Waals surface area (Å²) in [6.07, 6.45) is 0.597. The highest BCUT2D eigenvalue weighted by molar-refractivity contribution is 5.93. The van der Waals surface area contributed by atoms with E-state index in [4.69, 9.17) is 9.47 Å². The predicted octanol–water partition coefficient (Wildman–Crippen LogP) is 5.51. The molecule has 3 atom stereocenters. The Morgan fingerprint density at radius 1 is 0.652 bits per heavy atom. The van der Waals surface area contributed by atoms with E-state index in [9.17, 15) is 19.2 Å². The summed E-state index contributed by atoms with van der Waals surface area (Å²) in [5, 5.41) is 8.37. The quantitative estimate of drug-likeness (QED) is 0.191. The lowest BCUT2D eigenvalue weighted by molar-refractivity contribution is -0.149. The average Bonchev–Trinajstić information content (AvgIpc) is 3.01. The molecular weight excluding hydrogens is 582 g/mol. The minimum Gasteiger partial charge on any atom is -0.459 e. The molecular formula is C37H47N3O6. The minimum absolute atomic E-state index is 0.0373. The van der Waals surface area contributed by atoms with Crippen LogP contribution in [0.15, 0.2) is 91.0 Å². The fourth-order valence-corrected chi connectivity index (χ4v) is 4.79. The first kappa shape index (κ1) is 35.8. The lowest BCUT2D eigenvalue weighted by Gasteiger charge is -2.27. The topological polar surface area (TPSA) is 123 Å². The van der Waals surface area contributed by atoms with Gasteiger partial charge in [-0.1, -0.05) is 105 Å². The number of nitrogens with one attached hydrogen (secondary N) is 3. The normalized spacial score (nSPS) is 13.2. The molecule has 3 rings (SSSR count). The Bertz CT molecular complexity index is 1390. The van der Waals surface area contributed by atoms with Gasteiger partial charge >= 0.3 is 12.1 Å². The zero-order valence-electron chi connectivity index (χ0n) is 27.5. The monoisotopic (exact) mass is 629 g/mol. The Labute approximate surface area is 272 Å². The van der Waals surface area contributed by atoms with E-state index in [1.54, 1.807) is 20.8 Å². The zero-order chi connectivity index (χ0) is 33.5. The molecule has 0 aliphatic rings. The maximum absolute atomic E-state index is 13.8. The summed E-state index contributed by atoms with van der Waals surface area (Å²) in [5.74, 6) is -1.58. The summed E-state index contributed by atoms with van der Waals surface area (Å²) < 4.78 is 11.0. The largest absolute Gasteiger partial charge is 0.459 e. The molecule has 0 unspecified atom stereocenters. The molecule has 0 aromatic heterocycles. The van der Waals surface area contributed by atoms with Crippen LogP contribution in [-0.2, 0) is 43.3 Å². The molecule has 0 spiro atoms. The molecule has 3 N–H and O–H groups in total. The summed E-state index contributed by atoms with van der Waals surface area (Å²) in [7, 11) is 0. The van der Waals surface area contributed by atoms with Crippen LogP contribution in [0.3, 0.4) is 0 Å². The third kappa shape index (κ3) is 13.1. The van der Waals surface area contributed by atoms with E-state index in [2.05, 4.69) is 16.0 Å². The van der Waals surface area contributed by atoms with Crippen LogP contribution in [0.25, 0.3) is 0 Å². The fourth-order valence-electron chi connectivity index (χ4n) is 4.79. The number of amides is 3. The van der Waals surface area contributed by atoms with Gasteiger partial charge in [0, 0.05) is 6.42 Å². The first-order chi connectivity index (χ1) is 21.9. The molecule has 3 aromatic carbocycles. The Morgan fingerprint density at radius 3 is 1.70 bits per heavy atom. The number of aryl methyl sites for hydroxylation is 1. The molecule has 0 radical (unpaired) electrons. The van der Waals surface area contributed by atoms with Crippen molar-refractivity contribution in [1.29, 1.82) is 0 Å². The molecule has 0 fully saturated rings. The highest BCUT2D eigenvalue weighted by Crippen LogP contribution is 2.13. The molecule has 0 saturated heterocycles. The van der Waals surface area contributed by atoms with Crippen LogP contribution in [0.5, 0.6) is 0 Å². The Balaban J connectivity index is 1.77. The van der Waals surface area contributed by atoms with Crippen molar-refractivity contribution in [3.8, 4) is 0 Å². The average molecular weight is 630 g/mol. The van der Waals surface area contributed by atoms with Gasteiger partial charge in [-0.05, 0) is 62.6 Å². The van der Waals surface area contributed by atoms with Gasteiger partial charge in [-0.25, -0.2) is 9.59 Å². The summed E-state index contributed by atoms with van der Waals surface area (Å²) in [5.41, 5.74) is 1.91. The van der Waals surface area contributed by atoms with Crippen LogP contribution in [0.4, 0.5) is 4.79 Å². The zero-order valence-corrected chi connectivity index (χ0v) is 27.5. The highest BCUT2D eigenvalue weighted by atomic mass is 16.6. The number of carbonyl (C=O) groups is 4. The van der Waals surface area contributed by atoms with Crippen molar-refractivity contribution in [2.45, 2.75) is 90.6 Å². The van der Waals surface area contributed by atoms with Gasteiger partial charge in [0.05, 0.1) is 0 Å². The molecule has 0 heterocycles. The molecule has 46 heavy (non-hydrogen) atoms. The molecule has 3 aromatic rings. The number of ether oxygens (including phenoxy) is 2. The first-order valence-electron chi connectivity index (χ1n) is 15.8. The van der Waals surface area contributed by atoms with Crippen molar-refractivity contribution in [3.63, 3.8) is 0 Å². The van der Waals surface area contributed by atoms with Gasteiger partial charge in [0.15, 0.2) is 0 Å². The number of esters is 1. The van der Waals surface area contributed by atoms with Crippen molar-refractivity contribution >= 4 is 23.9 Å². The van der Waals surface area contributed by atoms with Crippen LogP contribution in [0, 0.1) is 5.92 Å². The molecule has 9 nitrogen and oxygen atoms in total. The Kier molecular flexibility index (Phi) is 13.8. The van der Waals surface area contributed by atoms with Gasteiger partial charge in [0.25, 0.3) is 0 Å². The third-order valence-corrected chi connectivity index (χ3v) is 7.02. The van der Waals surface area contributed by atoms with Gasteiger partial charge in [-0.3, -0.25) is 9.59 Å². The van der Waals surface area contributed by atoms with Crippen LogP contribution in [-0.4, -0.2) is 47.6 Å². The van der Waals surface area contributed by atoms with Crippen molar-refractivity contribution in [1.82, 2.24) is 16.0 Å². The van der Waals surface area contributed by atoms with Gasteiger partial charge in [0.1, 0.15) is 30.3 Å². The van der Waals surface area contributed by atoms with Crippen LogP contribution >= 0.6 is 0 Å². The van der Waals surface area contributed by atoms with Crippen LogP contribution < -0.4 is 16.0 Å². The summed E-state index contributed by atoms with van der Waals surface area (Å²) >= 11 is 0. The van der Waals surface area contributed by atoms with E-state index in [0.29, 0.717) is 12.8 Å². The molecule has 3 amide bonds. The molecule has 246 valence electrons. The highest BCUT2D eigenvalue weighted by Gasteiger charge is 2.31. The van der Waals surface area contributed by atoms with E-state index in [-0.39, 0.29) is 25.4 Å². The number of hydrogen-bond acceptors (Lipinski definition) is 6. The maximum atomic E-state index is 13.8. The Hall–Kier alpha value is -4.66. The second kappa shape index (κ2) is 17.7. The number of carbonyl (C=O) groups excluding carboxylic acids is 4. The van der Waals surface area contributed by atoms with Gasteiger partial charge in [-0.2, -0.15) is 0 Å². The lowest BCUT2D eigenvalue weighted by Crippen LogP contribution is -2.56. The third-order valence-electron chi connectivity index (χ3n) is 7.02. The number of hydrogen-bond donors (Lipinski definition) is 3. The SMILES string of the molecule is CC(C)C[C@H](NC(=O)[C@@H](CCc1ccccc1)NC(=O)OC(C)(C)C)C(=O)N[C@@H](Cc1ccccc1)C(=O)OCc1ccccc1. The lowest BCUT2D eigenvalue weighted by atomic mass is 10.00. The van der Waals surface area contributed by atoms with Crippen LogP contribution in [0.1, 0.15) is 64.2 Å². The van der Waals surface area contributed by atoms with Crippen molar-refractivity contribution in [3.05, 3.63) is 108 Å². The number of alkyl carbamates (subject to hydrolysis) is 1. The number of benzene rings is 3. The van der Waals surface area contributed by atoms with Gasteiger partial charge < -0.3 is 25.4 Å². The summed E-state index contributed by atoms with van der Waals surface area (Å²) in [6, 6.07) is 25.3. The molecule has 0 aliphatic carbocycles. The molecule has 9 heteroatoms. The minimum atomic E-state index is -0.987. The second-order valence-corrected chi connectivity index (χ2v) is 12.8. The molecule has 0 saturated carbocycles. The Morgan fingerprint density at radius 2 is 1.15 bits per heavy atom. The van der Waals surface area contributed by atoms with Gasteiger partial charge in [-0.15, -0.1) is 0 Å².